The summed E-state index contributed by atoms with van der Waals surface area (Å²) in [7, 11) is 0. The summed E-state index contributed by atoms with van der Waals surface area (Å²) in [6.45, 7) is 8.63. The van der Waals surface area contributed by atoms with E-state index in [-0.39, 0.29) is 11.9 Å². The molecule has 1 amide bonds. The van der Waals surface area contributed by atoms with Crippen LogP contribution in [-0.4, -0.2) is 46.3 Å². The van der Waals surface area contributed by atoms with Crippen LogP contribution in [0.3, 0.4) is 0 Å². The molecular weight excluding hydrogens is 266 g/mol. The highest BCUT2D eigenvalue weighted by molar-refractivity contribution is 5.78. The molecule has 21 heavy (non-hydrogen) atoms. The van der Waals surface area contributed by atoms with Gasteiger partial charge in [0.1, 0.15) is 5.82 Å². The van der Waals surface area contributed by atoms with Crippen molar-refractivity contribution in [3.8, 4) is 0 Å². The molecule has 118 valence electrons. The van der Waals surface area contributed by atoms with Gasteiger partial charge in [-0.25, -0.2) is 0 Å². The third kappa shape index (κ3) is 4.46. The van der Waals surface area contributed by atoms with Gasteiger partial charge in [-0.2, -0.15) is 5.10 Å². The van der Waals surface area contributed by atoms with E-state index in [1.165, 1.54) is 0 Å². The molecule has 1 saturated heterocycles. The number of amides is 1. The molecule has 2 heterocycles. The number of rotatable bonds is 5. The second-order valence-electron chi connectivity index (χ2n) is 6.33. The van der Waals surface area contributed by atoms with Gasteiger partial charge < -0.3 is 11.1 Å². The summed E-state index contributed by atoms with van der Waals surface area (Å²) in [5.41, 5.74) is 5.65. The lowest BCUT2D eigenvalue weighted by Crippen LogP contribution is -2.45. The largest absolute Gasteiger partial charge is 0.382 e. The van der Waals surface area contributed by atoms with Gasteiger partial charge in [0.15, 0.2) is 0 Å². The van der Waals surface area contributed by atoms with Crippen LogP contribution in [0.1, 0.15) is 39.7 Å². The van der Waals surface area contributed by atoms with Gasteiger partial charge in [-0.05, 0) is 31.7 Å². The van der Waals surface area contributed by atoms with Gasteiger partial charge in [-0.15, -0.1) is 0 Å². The maximum absolute atomic E-state index is 12.0. The van der Waals surface area contributed by atoms with E-state index in [4.69, 9.17) is 5.73 Å². The number of nitrogen functional groups attached to an aromatic ring is 1. The molecule has 6 heteroatoms. The highest BCUT2D eigenvalue weighted by Gasteiger charge is 2.23. The number of aromatic nitrogens is 2. The number of piperidine rings is 1. The summed E-state index contributed by atoms with van der Waals surface area (Å²) in [6, 6.07) is 2.45. The molecule has 6 nitrogen and oxygen atoms in total. The third-order valence-corrected chi connectivity index (χ3v) is 4.32. The maximum atomic E-state index is 12.0. The zero-order valence-corrected chi connectivity index (χ0v) is 13.2. The Kier molecular flexibility index (Phi) is 5.22. The number of nitrogens with two attached hydrogens (primary N) is 1. The van der Waals surface area contributed by atoms with Crippen molar-refractivity contribution in [2.75, 3.05) is 25.4 Å². The minimum absolute atomic E-state index is 0.123. The summed E-state index contributed by atoms with van der Waals surface area (Å²) < 4.78 is 1.95. The third-order valence-electron chi connectivity index (χ3n) is 4.32. The standard InChI is InChI=1S/C15H27N5O/c1-11(2)12(3)17-15(21)10-19-7-4-13(5-8-19)20-9-6-14(16)18-20/h6,9,11-13H,4-5,7-8,10H2,1-3H3,(H2,16,18)(H,17,21). The zero-order valence-electron chi connectivity index (χ0n) is 13.2. The van der Waals surface area contributed by atoms with Crippen molar-refractivity contribution in [2.24, 2.45) is 5.92 Å². The van der Waals surface area contributed by atoms with Gasteiger partial charge in [0.05, 0.1) is 12.6 Å². The van der Waals surface area contributed by atoms with Crippen molar-refractivity contribution >= 4 is 11.7 Å². The number of nitrogens with zero attached hydrogens (tertiary/aromatic N) is 3. The van der Waals surface area contributed by atoms with Crippen LogP contribution >= 0.6 is 0 Å². The smallest absolute Gasteiger partial charge is 0.234 e. The van der Waals surface area contributed by atoms with Crippen LogP contribution < -0.4 is 11.1 Å². The quantitative estimate of drug-likeness (QED) is 0.857. The zero-order chi connectivity index (χ0) is 15.4. The summed E-state index contributed by atoms with van der Waals surface area (Å²) in [5.74, 6) is 1.16. The molecule has 1 aliphatic heterocycles. The molecule has 1 unspecified atom stereocenters. The predicted octanol–water partition coefficient (Wildman–Crippen LogP) is 1.26. The average Bonchev–Trinajstić information content (AvgIpc) is 2.86. The lowest BCUT2D eigenvalue weighted by atomic mass is 10.0. The monoisotopic (exact) mass is 293 g/mol. The predicted molar refractivity (Wildman–Crippen MR) is 83.8 cm³/mol. The second kappa shape index (κ2) is 6.93. The lowest BCUT2D eigenvalue weighted by Gasteiger charge is -2.32. The minimum Gasteiger partial charge on any atom is -0.382 e. The second-order valence-corrected chi connectivity index (χ2v) is 6.33. The van der Waals surface area contributed by atoms with Gasteiger partial charge in [0, 0.05) is 25.3 Å². The number of likely N-dealkylation sites (tertiary alicyclic amines) is 1. The maximum Gasteiger partial charge on any atom is 0.234 e. The molecule has 0 saturated carbocycles. The van der Waals surface area contributed by atoms with Crippen LogP contribution in [0.25, 0.3) is 0 Å². The van der Waals surface area contributed by atoms with E-state index >= 15 is 0 Å². The molecule has 0 spiro atoms. The fourth-order valence-electron chi connectivity index (χ4n) is 2.57. The molecule has 1 aromatic heterocycles. The summed E-state index contributed by atoms with van der Waals surface area (Å²) in [6.07, 6.45) is 3.95. The first kappa shape index (κ1) is 15.8. The highest BCUT2D eigenvalue weighted by atomic mass is 16.2. The first-order valence-electron chi connectivity index (χ1n) is 7.78. The number of hydrogen-bond acceptors (Lipinski definition) is 4. The van der Waals surface area contributed by atoms with Gasteiger partial charge in [0.25, 0.3) is 0 Å². The number of carbonyl (C=O) groups excluding carboxylic acids is 1. The molecule has 1 aliphatic rings. The SMILES string of the molecule is CC(C)C(C)NC(=O)CN1CCC(n2ccc(N)n2)CC1. The van der Waals surface area contributed by atoms with Gasteiger partial charge >= 0.3 is 0 Å². The van der Waals surface area contributed by atoms with Gasteiger partial charge in [0.2, 0.25) is 5.91 Å². The Morgan fingerprint density at radius 3 is 2.62 bits per heavy atom. The normalized spacial score (nSPS) is 18.9. The van der Waals surface area contributed by atoms with Crippen LogP contribution in [0.5, 0.6) is 0 Å². The van der Waals surface area contributed by atoms with E-state index in [2.05, 4.69) is 36.1 Å². The van der Waals surface area contributed by atoms with Crippen LogP contribution in [0.4, 0.5) is 5.82 Å². The molecule has 1 atom stereocenters. The molecule has 1 aromatic rings. The first-order chi connectivity index (χ1) is 9.95. The lowest BCUT2D eigenvalue weighted by molar-refractivity contribution is -0.123. The summed E-state index contributed by atoms with van der Waals surface area (Å²) >= 11 is 0. The summed E-state index contributed by atoms with van der Waals surface area (Å²) in [4.78, 5) is 14.2. The Labute approximate surface area is 126 Å². The van der Waals surface area contributed by atoms with E-state index in [0.717, 1.165) is 25.9 Å². The molecule has 0 radical (unpaired) electrons. The Hall–Kier alpha value is -1.56. The van der Waals surface area contributed by atoms with Crippen molar-refractivity contribution in [2.45, 2.75) is 45.7 Å². The molecule has 1 fully saturated rings. The summed E-state index contributed by atoms with van der Waals surface area (Å²) in [5, 5.41) is 7.33. The molecule has 3 N–H and O–H groups in total. The van der Waals surface area contributed by atoms with E-state index in [0.29, 0.717) is 24.3 Å². The number of nitrogens with one attached hydrogen (secondary N) is 1. The van der Waals surface area contributed by atoms with Crippen molar-refractivity contribution < 1.29 is 4.79 Å². The van der Waals surface area contributed by atoms with Crippen LogP contribution in [-0.2, 0) is 4.79 Å². The Morgan fingerprint density at radius 1 is 1.43 bits per heavy atom. The topological polar surface area (TPSA) is 76.2 Å². The van der Waals surface area contributed by atoms with E-state index < -0.39 is 0 Å². The fraction of sp³-hybridized carbons (Fsp3) is 0.733. The van der Waals surface area contributed by atoms with Gasteiger partial charge in [-0.3, -0.25) is 14.4 Å². The number of carbonyl (C=O) groups is 1. The number of hydrogen-bond donors (Lipinski definition) is 2. The number of anilines is 1. The van der Waals surface area contributed by atoms with E-state index in [1.807, 2.05) is 16.9 Å². The average molecular weight is 293 g/mol. The molecule has 0 bridgehead atoms. The molecule has 0 aliphatic carbocycles. The Balaban J connectivity index is 1.75. The van der Waals surface area contributed by atoms with Crippen LogP contribution in [0.15, 0.2) is 12.3 Å². The molecule has 2 rings (SSSR count). The fourth-order valence-corrected chi connectivity index (χ4v) is 2.57. The van der Waals surface area contributed by atoms with Crippen molar-refractivity contribution in [1.29, 1.82) is 0 Å². The first-order valence-corrected chi connectivity index (χ1v) is 7.78. The van der Waals surface area contributed by atoms with Crippen LogP contribution in [0, 0.1) is 5.92 Å². The van der Waals surface area contributed by atoms with E-state index in [9.17, 15) is 4.79 Å². The minimum atomic E-state index is 0.123. The Morgan fingerprint density at radius 2 is 2.10 bits per heavy atom. The van der Waals surface area contributed by atoms with Crippen LogP contribution in [0.2, 0.25) is 0 Å². The van der Waals surface area contributed by atoms with Crippen molar-refractivity contribution in [1.82, 2.24) is 20.0 Å². The Bertz CT molecular complexity index is 462. The molecule has 0 aromatic carbocycles. The van der Waals surface area contributed by atoms with Gasteiger partial charge in [-0.1, -0.05) is 13.8 Å². The van der Waals surface area contributed by atoms with Crippen molar-refractivity contribution in [3.63, 3.8) is 0 Å². The van der Waals surface area contributed by atoms with E-state index in [1.54, 1.807) is 0 Å². The highest BCUT2D eigenvalue weighted by Crippen LogP contribution is 2.22. The molecular formula is C15H27N5O. The van der Waals surface area contributed by atoms with Crippen molar-refractivity contribution in [3.05, 3.63) is 12.3 Å².